The van der Waals surface area contributed by atoms with Crippen LogP contribution in [0.25, 0.3) is 5.65 Å². The van der Waals surface area contributed by atoms with Crippen LogP contribution in [0.5, 0.6) is 0 Å². The second-order valence-corrected chi connectivity index (χ2v) is 11.8. The molecular formula is C31H38ClN7O5. The Hall–Kier alpha value is -4.45. The third-order valence-corrected chi connectivity index (χ3v) is 7.72. The topological polar surface area (TPSA) is 145 Å². The summed E-state index contributed by atoms with van der Waals surface area (Å²) in [4.78, 5) is 74.1. The second-order valence-electron chi connectivity index (χ2n) is 11.4. The summed E-state index contributed by atoms with van der Waals surface area (Å²) in [5.41, 5.74) is 1.41. The van der Waals surface area contributed by atoms with E-state index in [1.54, 1.807) is 29.7 Å². The van der Waals surface area contributed by atoms with Gasteiger partial charge in [0.15, 0.2) is 0 Å². The van der Waals surface area contributed by atoms with Gasteiger partial charge in [0, 0.05) is 39.0 Å². The van der Waals surface area contributed by atoms with E-state index in [4.69, 9.17) is 11.6 Å². The zero-order valence-corrected chi connectivity index (χ0v) is 26.0. The van der Waals surface area contributed by atoms with Crippen molar-refractivity contribution in [1.82, 2.24) is 35.1 Å². The number of amides is 5. The van der Waals surface area contributed by atoms with E-state index in [-0.39, 0.29) is 37.7 Å². The van der Waals surface area contributed by atoms with Crippen molar-refractivity contribution < 1.29 is 24.0 Å². The first-order valence-corrected chi connectivity index (χ1v) is 14.9. The summed E-state index contributed by atoms with van der Waals surface area (Å²) in [6.45, 7) is 5.00. The highest BCUT2D eigenvalue weighted by Gasteiger charge is 2.33. The van der Waals surface area contributed by atoms with Crippen molar-refractivity contribution in [2.24, 2.45) is 5.92 Å². The lowest BCUT2D eigenvalue weighted by Crippen LogP contribution is -2.57. The van der Waals surface area contributed by atoms with Crippen molar-refractivity contribution in [3.63, 3.8) is 0 Å². The predicted octanol–water partition coefficient (Wildman–Crippen LogP) is 1.67. The Morgan fingerprint density at radius 2 is 1.73 bits per heavy atom. The van der Waals surface area contributed by atoms with Gasteiger partial charge < -0.3 is 30.2 Å². The van der Waals surface area contributed by atoms with E-state index in [2.05, 4.69) is 20.9 Å². The Balaban J connectivity index is 1.65. The zero-order chi connectivity index (χ0) is 32.0. The number of rotatable bonds is 5. The molecule has 1 aromatic carbocycles. The summed E-state index contributed by atoms with van der Waals surface area (Å²) < 4.78 is 1.61. The fourth-order valence-corrected chi connectivity index (χ4v) is 5.16. The summed E-state index contributed by atoms with van der Waals surface area (Å²) in [6.07, 6.45) is 3.66. The van der Waals surface area contributed by atoms with Crippen molar-refractivity contribution >= 4 is 46.8 Å². The molecule has 0 bridgehead atoms. The molecular weight excluding hydrogens is 586 g/mol. The average molecular weight is 624 g/mol. The predicted molar refractivity (Wildman–Crippen MR) is 165 cm³/mol. The molecule has 3 N–H and O–H groups in total. The van der Waals surface area contributed by atoms with Crippen molar-refractivity contribution in [1.29, 1.82) is 0 Å². The lowest BCUT2D eigenvalue weighted by Gasteiger charge is -2.30. The molecule has 1 aliphatic heterocycles. The third-order valence-electron chi connectivity index (χ3n) is 7.50. The van der Waals surface area contributed by atoms with Crippen molar-refractivity contribution in [3.8, 4) is 0 Å². The van der Waals surface area contributed by atoms with Gasteiger partial charge in [0.05, 0.1) is 11.6 Å². The van der Waals surface area contributed by atoms with E-state index in [9.17, 15) is 24.0 Å². The van der Waals surface area contributed by atoms with E-state index in [0.29, 0.717) is 17.1 Å². The highest BCUT2D eigenvalue weighted by atomic mass is 35.5. The first-order valence-electron chi connectivity index (χ1n) is 14.5. The molecule has 0 spiro atoms. The molecule has 1 saturated heterocycles. The number of carbonyl (C=O) groups excluding carboxylic acids is 5. The lowest BCUT2D eigenvalue weighted by molar-refractivity contribution is -0.142. The SMILES string of the molecule is CC(C)C[C@@H]1NC(=O)CN(C(=O)c2cn3cc(Cl)ccc3n2)CCNC(=O)[C@H](Cc2ccccc2)NC(=O)[C@H](C)N(C)C1=O. The number of benzene rings is 1. The van der Waals surface area contributed by atoms with Gasteiger partial charge in [0.2, 0.25) is 23.6 Å². The van der Waals surface area contributed by atoms with Crippen LogP contribution in [-0.4, -0.2) is 93.5 Å². The maximum Gasteiger partial charge on any atom is 0.274 e. The van der Waals surface area contributed by atoms with Crippen LogP contribution >= 0.6 is 11.6 Å². The first-order chi connectivity index (χ1) is 20.9. The number of nitrogens with one attached hydrogen (secondary N) is 3. The van der Waals surface area contributed by atoms with Gasteiger partial charge in [0.1, 0.15) is 29.5 Å². The Labute approximate surface area is 261 Å². The van der Waals surface area contributed by atoms with Gasteiger partial charge in [-0.1, -0.05) is 55.8 Å². The van der Waals surface area contributed by atoms with E-state index >= 15 is 0 Å². The Morgan fingerprint density at radius 1 is 1.00 bits per heavy atom. The van der Waals surface area contributed by atoms with Gasteiger partial charge in [-0.2, -0.15) is 0 Å². The Bertz CT molecular complexity index is 1530. The van der Waals surface area contributed by atoms with Crippen LogP contribution in [0.1, 0.15) is 43.2 Å². The summed E-state index contributed by atoms with van der Waals surface area (Å²) in [5, 5.41) is 8.82. The number of nitrogens with zero attached hydrogens (tertiary/aromatic N) is 4. The van der Waals surface area contributed by atoms with Crippen LogP contribution in [-0.2, 0) is 25.6 Å². The number of hydrogen-bond donors (Lipinski definition) is 3. The molecule has 0 saturated carbocycles. The number of likely N-dealkylation sites (N-methyl/N-ethyl adjacent to an activating group) is 1. The van der Waals surface area contributed by atoms with Crippen molar-refractivity contribution in [3.05, 3.63) is 71.1 Å². The maximum absolute atomic E-state index is 13.6. The first kappa shape index (κ1) is 32.5. The molecule has 4 rings (SSSR count). The lowest BCUT2D eigenvalue weighted by atomic mass is 10.0. The molecule has 0 unspecified atom stereocenters. The monoisotopic (exact) mass is 623 g/mol. The van der Waals surface area contributed by atoms with Crippen LogP contribution in [0.3, 0.4) is 0 Å². The fourth-order valence-electron chi connectivity index (χ4n) is 4.99. The van der Waals surface area contributed by atoms with Gasteiger partial charge in [-0.25, -0.2) is 4.98 Å². The molecule has 2 aromatic heterocycles. The van der Waals surface area contributed by atoms with E-state index in [0.717, 1.165) is 5.56 Å². The number of pyridine rings is 1. The largest absolute Gasteiger partial charge is 0.353 e. The quantitative estimate of drug-likeness (QED) is 0.394. The molecule has 0 radical (unpaired) electrons. The molecule has 3 atom stereocenters. The molecule has 1 aliphatic rings. The Kier molecular flexibility index (Phi) is 10.6. The molecule has 1 fully saturated rings. The normalized spacial score (nSPS) is 21.0. The molecule has 0 aliphatic carbocycles. The van der Waals surface area contributed by atoms with Crippen LogP contribution in [0.4, 0.5) is 0 Å². The fraction of sp³-hybridized carbons (Fsp3) is 0.419. The minimum atomic E-state index is -0.945. The molecule has 44 heavy (non-hydrogen) atoms. The number of fused-ring (bicyclic) bond motifs is 1. The third kappa shape index (κ3) is 8.13. The highest BCUT2D eigenvalue weighted by molar-refractivity contribution is 6.30. The van der Waals surface area contributed by atoms with E-state index in [1.165, 1.54) is 23.0 Å². The zero-order valence-electron chi connectivity index (χ0n) is 25.2. The highest BCUT2D eigenvalue weighted by Crippen LogP contribution is 2.14. The van der Waals surface area contributed by atoms with Gasteiger partial charge in [0.25, 0.3) is 5.91 Å². The smallest absolute Gasteiger partial charge is 0.274 e. The second kappa shape index (κ2) is 14.3. The number of aromatic nitrogens is 2. The van der Waals surface area contributed by atoms with Crippen LogP contribution in [0, 0.1) is 5.92 Å². The van der Waals surface area contributed by atoms with Crippen molar-refractivity contribution in [2.75, 3.05) is 26.7 Å². The summed E-state index contributed by atoms with van der Waals surface area (Å²) in [6, 6.07) is 9.76. The number of hydrogen-bond acceptors (Lipinski definition) is 6. The Morgan fingerprint density at radius 3 is 2.43 bits per heavy atom. The molecule has 13 heteroatoms. The van der Waals surface area contributed by atoms with Crippen LogP contribution in [0.15, 0.2) is 54.9 Å². The summed E-state index contributed by atoms with van der Waals surface area (Å²) in [7, 11) is 1.49. The maximum atomic E-state index is 13.6. The number of carbonyl (C=O) groups is 5. The number of halogens is 1. The molecule has 5 amide bonds. The van der Waals surface area contributed by atoms with Gasteiger partial charge in [-0.15, -0.1) is 0 Å². The van der Waals surface area contributed by atoms with Gasteiger partial charge in [-0.3, -0.25) is 24.0 Å². The van der Waals surface area contributed by atoms with E-state index < -0.39 is 47.7 Å². The minimum Gasteiger partial charge on any atom is -0.353 e. The summed E-state index contributed by atoms with van der Waals surface area (Å²) in [5.74, 6) is -2.48. The van der Waals surface area contributed by atoms with Crippen molar-refractivity contribution in [2.45, 2.75) is 51.7 Å². The van der Waals surface area contributed by atoms with Gasteiger partial charge >= 0.3 is 0 Å². The summed E-state index contributed by atoms with van der Waals surface area (Å²) >= 11 is 6.09. The van der Waals surface area contributed by atoms with Crippen LogP contribution < -0.4 is 16.0 Å². The standard InChI is InChI=1S/C31H38ClN7O5/c1-19(2)14-24-30(43)37(4)20(3)28(41)36-23(15-21-8-6-5-7-9-21)29(42)33-12-13-38(18-27(40)35-24)31(44)25-17-39-16-22(32)10-11-26(39)34-25/h5-11,16-17,19-20,23-24H,12-15,18H2,1-4H3,(H,33,42)(H,35,40)(H,36,41)/t20-,23-,24-/m0/s1. The molecule has 3 aromatic rings. The molecule has 12 nitrogen and oxygen atoms in total. The van der Waals surface area contributed by atoms with E-state index in [1.807, 2.05) is 44.2 Å². The minimum absolute atomic E-state index is 0.00201. The van der Waals surface area contributed by atoms with Gasteiger partial charge in [-0.05, 0) is 37.0 Å². The average Bonchev–Trinajstić information content (AvgIpc) is 3.41. The van der Waals surface area contributed by atoms with Crippen LogP contribution in [0.2, 0.25) is 5.02 Å². The molecule has 3 heterocycles. The number of imidazole rings is 1. The molecule has 234 valence electrons.